The first kappa shape index (κ1) is 11.3. The molecule has 0 aliphatic heterocycles. The van der Waals surface area contributed by atoms with Gasteiger partial charge in [-0.25, -0.2) is 0 Å². The first-order valence-electron chi connectivity index (χ1n) is 3.43. The van der Waals surface area contributed by atoms with Gasteiger partial charge in [-0.15, -0.1) is 13.2 Å². The van der Waals surface area contributed by atoms with Crippen molar-refractivity contribution in [2.75, 3.05) is 0 Å². The first-order valence-corrected chi connectivity index (χ1v) is 4.22. The van der Waals surface area contributed by atoms with E-state index < -0.39 is 18.7 Å². The molecular weight excluding hydrogens is 267 g/mol. The van der Waals surface area contributed by atoms with E-state index in [1.165, 1.54) is 6.20 Å². The van der Waals surface area contributed by atoms with Gasteiger partial charge in [0.15, 0.2) is 5.75 Å². The number of aliphatic hydroxyl groups is 1. The Morgan fingerprint density at radius 2 is 2.07 bits per heavy atom. The van der Waals surface area contributed by atoms with Gasteiger partial charge in [0.25, 0.3) is 0 Å². The maximum atomic E-state index is 11.8. The van der Waals surface area contributed by atoms with Crippen molar-refractivity contribution in [1.82, 2.24) is 4.98 Å². The Balaban J connectivity index is 3.02. The Hall–Kier alpha value is -0.820. The minimum atomic E-state index is -4.79. The van der Waals surface area contributed by atoms with Crippen LogP contribution in [0.5, 0.6) is 5.75 Å². The lowest BCUT2D eigenvalue weighted by molar-refractivity contribution is -0.275. The van der Waals surface area contributed by atoms with Gasteiger partial charge in [-0.05, 0) is 15.9 Å². The molecule has 0 aliphatic rings. The maximum absolute atomic E-state index is 11.8. The molecule has 14 heavy (non-hydrogen) atoms. The highest BCUT2D eigenvalue weighted by Crippen LogP contribution is 2.29. The van der Waals surface area contributed by atoms with Crippen molar-refractivity contribution in [3.63, 3.8) is 0 Å². The van der Waals surface area contributed by atoms with E-state index in [2.05, 4.69) is 25.7 Å². The van der Waals surface area contributed by atoms with E-state index in [1.807, 2.05) is 0 Å². The molecule has 3 nitrogen and oxygen atoms in total. The fourth-order valence-corrected chi connectivity index (χ4v) is 1.25. The number of halogens is 4. The molecule has 0 saturated heterocycles. The summed E-state index contributed by atoms with van der Waals surface area (Å²) in [5, 5.41) is 8.79. The number of pyridine rings is 1. The number of hydrogen-bond donors (Lipinski definition) is 1. The Morgan fingerprint density at radius 3 is 2.57 bits per heavy atom. The van der Waals surface area contributed by atoms with Gasteiger partial charge in [-0.2, -0.15) is 0 Å². The van der Waals surface area contributed by atoms with E-state index in [9.17, 15) is 13.2 Å². The molecule has 0 spiro atoms. The van der Waals surface area contributed by atoms with Gasteiger partial charge < -0.3 is 9.84 Å². The summed E-state index contributed by atoms with van der Waals surface area (Å²) in [5.41, 5.74) is 0.0114. The molecule has 0 atom stereocenters. The second-order valence-electron chi connectivity index (χ2n) is 2.30. The minimum Gasteiger partial charge on any atom is -0.404 e. The van der Waals surface area contributed by atoms with E-state index in [0.717, 1.165) is 6.20 Å². The predicted molar refractivity (Wildman–Crippen MR) is 44.5 cm³/mol. The molecule has 1 rings (SSSR count). The molecule has 0 radical (unpaired) electrons. The molecule has 1 N–H and O–H groups in total. The van der Waals surface area contributed by atoms with E-state index in [0.29, 0.717) is 0 Å². The number of alkyl halides is 3. The largest absolute Gasteiger partial charge is 0.573 e. The summed E-state index contributed by atoms with van der Waals surface area (Å²) in [6.07, 6.45) is -2.62. The summed E-state index contributed by atoms with van der Waals surface area (Å²) in [6.45, 7) is -0.561. The lowest BCUT2D eigenvalue weighted by atomic mass is 10.2. The lowest BCUT2D eigenvalue weighted by Gasteiger charge is -2.12. The van der Waals surface area contributed by atoms with Crippen molar-refractivity contribution >= 4 is 15.9 Å². The molecule has 78 valence electrons. The highest BCUT2D eigenvalue weighted by Gasteiger charge is 2.32. The third kappa shape index (κ3) is 2.85. The average Bonchev–Trinajstić information content (AvgIpc) is 2.01. The second-order valence-corrected chi connectivity index (χ2v) is 3.16. The van der Waals surface area contributed by atoms with E-state index in [-0.39, 0.29) is 10.0 Å². The predicted octanol–water partition coefficient (Wildman–Crippen LogP) is 2.24. The number of nitrogens with zero attached hydrogens (tertiary/aromatic N) is 1. The summed E-state index contributed by atoms with van der Waals surface area (Å²) >= 11 is 2.94. The molecule has 0 fully saturated rings. The zero-order valence-electron chi connectivity index (χ0n) is 6.68. The Morgan fingerprint density at radius 1 is 1.43 bits per heavy atom. The van der Waals surface area contributed by atoms with Crippen molar-refractivity contribution in [1.29, 1.82) is 0 Å². The Bertz CT molecular complexity index is 329. The van der Waals surface area contributed by atoms with Gasteiger partial charge in [-0.1, -0.05) is 0 Å². The third-order valence-electron chi connectivity index (χ3n) is 1.35. The van der Waals surface area contributed by atoms with E-state index in [1.54, 1.807) is 0 Å². The van der Waals surface area contributed by atoms with Gasteiger partial charge in [0.2, 0.25) is 0 Å². The van der Waals surface area contributed by atoms with Crippen LogP contribution in [0.1, 0.15) is 5.56 Å². The molecule has 1 aromatic heterocycles. The van der Waals surface area contributed by atoms with Crippen molar-refractivity contribution in [2.45, 2.75) is 13.0 Å². The highest BCUT2D eigenvalue weighted by molar-refractivity contribution is 9.10. The van der Waals surface area contributed by atoms with Crippen LogP contribution < -0.4 is 4.74 Å². The lowest BCUT2D eigenvalue weighted by Crippen LogP contribution is -2.18. The summed E-state index contributed by atoms with van der Waals surface area (Å²) in [6, 6.07) is 0. The smallest absolute Gasteiger partial charge is 0.404 e. The molecule has 7 heteroatoms. The van der Waals surface area contributed by atoms with Crippen LogP contribution in [0.2, 0.25) is 0 Å². The molecule has 0 unspecified atom stereocenters. The van der Waals surface area contributed by atoms with Crippen LogP contribution in [0.4, 0.5) is 13.2 Å². The average molecular weight is 272 g/mol. The zero-order chi connectivity index (χ0) is 10.8. The van der Waals surface area contributed by atoms with E-state index >= 15 is 0 Å². The van der Waals surface area contributed by atoms with E-state index in [4.69, 9.17) is 5.11 Å². The number of aromatic nitrogens is 1. The van der Waals surface area contributed by atoms with Crippen molar-refractivity contribution < 1.29 is 23.0 Å². The van der Waals surface area contributed by atoms with Crippen LogP contribution >= 0.6 is 15.9 Å². The second kappa shape index (κ2) is 4.14. The first-order chi connectivity index (χ1) is 6.44. The molecule has 1 heterocycles. The monoisotopic (exact) mass is 271 g/mol. The van der Waals surface area contributed by atoms with Crippen LogP contribution in [0.25, 0.3) is 0 Å². The van der Waals surface area contributed by atoms with Crippen LogP contribution in [-0.2, 0) is 6.61 Å². The number of aliphatic hydroxyl groups excluding tert-OH is 1. The van der Waals surface area contributed by atoms with Crippen LogP contribution in [0, 0.1) is 0 Å². The molecule has 0 aromatic carbocycles. The quantitative estimate of drug-likeness (QED) is 0.897. The summed E-state index contributed by atoms with van der Waals surface area (Å²) in [4.78, 5) is 3.49. The van der Waals surface area contributed by atoms with Crippen molar-refractivity contribution in [2.24, 2.45) is 0 Å². The molecule has 0 aliphatic carbocycles. The summed E-state index contributed by atoms with van der Waals surface area (Å²) in [5.74, 6) is -0.505. The van der Waals surface area contributed by atoms with Gasteiger partial charge in [0.1, 0.15) is 0 Å². The molecule has 0 amide bonds. The van der Waals surface area contributed by atoms with Gasteiger partial charge in [0, 0.05) is 16.2 Å². The fraction of sp³-hybridized carbons (Fsp3) is 0.286. The van der Waals surface area contributed by atoms with Crippen molar-refractivity contribution in [3.8, 4) is 5.75 Å². The summed E-state index contributed by atoms with van der Waals surface area (Å²) in [7, 11) is 0. The minimum absolute atomic E-state index is 0.0114. The standard InChI is InChI=1S/C7H5BrF3NO2/c8-5-1-12-2-6(4(5)3-13)14-7(9,10)11/h1-2,13H,3H2. The number of rotatable bonds is 2. The maximum Gasteiger partial charge on any atom is 0.573 e. The van der Waals surface area contributed by atoms with Crippen LogP contribution in [0.3, 0.4) is 0 Å². The third-order valence-corrected chi connectivity index (χ3v) is 2.03. The molecular formula is C7H5BrF3NO2. The Labute approximate surface area is 85.7 Å². The normalized spacial score (nSPS) is 11.5. The fourth-order valence-electron chi connectivity index (χ4n) is 0.810. The van der Waals surface area contributed by atoms with Gasteiger partial charge in [-0.3, -0.25) is 4.98 Å². The zero-order valence-corrected chi connectivity index (χ0v) is 8.26. The number of ether oxygens (including phenoxy) is 1. The molecule has 0 saturated carbocycles. The SMILES string of the molecule is OCc1c(Br)cncc1OC(F)(F)F. The van der Waals surface area contributed by atoms with Crippen LogP contribution in [-0.4, -0.2) is 16.5 Å². The number of hydrogen-bond acceptors (Lipinski definition) is 3. The summed E-state index contributed by atoms with van der Waals surface area (Å²) < 4.78 is 39.4. The highest BCUT2D eigenvalue weighted by atomic mass is 79.9. The Kier molecular flexibility index (Phi) is 3.33. The molecule has 0 bridgehead atoms. The van der Waals surface area contributed by atoms with Gasteiger partial charge in [0.05, 0.1) is 12.8 Å². The van der Waals surface area contributed by atoms with Crippen molar-refractivity contribution in [3.05, 3.63) is 22.4 Å². The van der Waals surface area contributed by atoms with Gasteiger partial charge >= 0.3 is 6.36 Å². The molecule has 1 aromatic rings. The topological polar surface area (TPSA) is 42.4 Å². The van der Waals surface area contributed by atoms with Crippen LogP contribution in [0.15, 0.2) is 16.9 Å².